The van der Waals surface area contributed by atoms with Crippen molar-refractivity contribution in [3.8, 4) is 16.8 Å². The van der Waals surface area contributed by atoms with Gasteiger partial charge in [-0.15, -0.1) is 16.4 Å². The first-order valence-electron chi connectivity index (χ1n) is 9.28. The molecule has 4 aromatic rings. The fourth-order valence-corrected chi connectivity index (χ4v) is 4.18. The van der Waals surface area contributed by atoms with Crippen LogP contribution >= 0.6 is 11.3 Å². The molecule has 0 aliphatic carbocycles. The average molecular weight is 392 g/mol. The number of unbranched alkanes of at least 4 members (excludes halogenated alkanes) is 1. The number of benzene rings is 2. The van der Waals surface area contributed by atoms with Crippen LogP contribution in [0.25, 0.3) is 26.9 Å². The lowest BCUT2D eigenvalue weighted by Gasteiger charge is -2.18. The minimum Gasteiger partial charge on any atom is -0.342 e. The van der Waals surface area contributed by atoms with Crippen molar-refractivity contribution in [1.29, 1.82) is 0 Å². The van der Waals surface area contributed by atoms with Crippen LogP contribution in [0, 0.1) is 0 Å². The van der Waals surface area contributed by atoms with Crippen LogP contribution in [-0.4, -0.2) is 44.6 Å². The molecular weight excluding hydrogens is 370 g/mol. The fourth-order valence-electron chi connectivity index (χ4n) is 3.24. The molecule has 0 aliphatic heterocycles. The number of carbonyl (C=O) groups is 1. The van der Waals surface area contributed by atoms with Gasteiger partial charge >= 0.3 is 0 Å². The summed E-state index contributed by atoms with van der Waals surface area (Å²) in [6.07, 6.45) is 3.57. The second-order valence-corrected chi connectivity index (χ2v) is 7.66. The quantitative estimate of drug-likeness (QED) is 0.488. The summed E-state index contributed by atoms with van der Waals surface area (Å²) < 4.78 is 2.79. The first-order chi connectivity index (χ1) is 13.7. The van der Waals surface area contributed by atoms with Crippen LogP contribution < -0.4 is 0 Å². The number of hydrogen-bond acceptors (Lipinski definition) is 5. The van der Waals surface area contributed by atoms with Gasteiger partial charge in [0.1, 0.15) is 6.33 Å². The highest BCUT2D eigenvalue weighted by Gasteiger charge is 2.16. The molecule has 0 atom stereocenters. The number of carbonyl (C=O) groups excluding carboxylic acids is 1. The monoisotopic (exact) mass is 391 g/mol. The Bertz CT molecular complexity index is 1100. The van der Waals surface area contributed by atoms with Crippen molar-refractivity contribution in [2.75, 3.05) is 13.6 Å². The van der Waals surface area contributed by atoms with Crippen LogP contribution in [-0.2, 0) is 0 Å². The van der Waals surface area contributed by atoms with E-state index in [1.165, 1.54) is 10.1 Å². The summed E-state index contributed by atoms with van der Waals surface area (Å²) in [5.74, 6) is 0.00276. The Balaban J connectivity index is 1.83. The van der Waals surface area contributed by atoms with E-state index in [0.717, 1.165) is 36.2 Å². The maximum atomic E-state index is 13.0. The highest BCUT2D eigenvalue weighted by atomic mass is 32.1. The van der Waals surface area contributed by atoms with Gasteiger partial charge in [0.05, 0.1) is 5.69 Å². The minimum absolute atomic E-state index is 0.00276. The molecule has 0 fully saturated rings. The molecular formula is C21H21N5OS. The fraction of sp³-hybridized carbons (Fsp3) is 0.238. The van der Waals surface area contributed by atoms with Crippen molar-refractivity contribution >= 4 is 27.3 Å². The predicted molar refractivity (Wildman–Crippen MR) is 112 cm³/mol. The highest BCUT2D eigenvalue weighted by molar-refractivity contribution is 7.17. The van der Waals surface area contributed by atoms with E-state index < -0.39 is 0 Å². The number of fused-ring (bicyclic) bond motifs is 1. The summed E-state index contributed by atoms with van der Waals surface area (Å²) in [5.41, 5.74) is 3.49. The Hall–Kier alpha value is -3.06. The van der Waals surface area contributed by atoms with Crippen molar-refractivity contribution in [2.45, 2.75) is 19.8 Å². The van der Waals surface area contributed by atoms with E-state index in [1.54, 1.807) is 27.2 Å². The van der Waals surface area contributed by atoms with Crippen LogP contribution in [0.3, 0.4) is 0 Å². The van der Waals surface area contributed by atoms with Crippen LogP contribution in [0.4, 0.5) is 0 Å². The third kappa shape index (κ3) is 3.53. The largest absolute Gasteiger partial charge is 0.342 e. The smallest absolute Gasteiger partial charge is 0.253 e. The minimum atomic E-state index is 0.00276. The first kappa shape index (κ1) is 18.3. The van der Waals surface area contributed by atoms with Crippen molar-refractivity contribution in [3.63, 3.8) is 0 Å². The zero-order valence-electron chi connectivity index (χ0n) is 15.9. The number of amides is 1. The zero-order chi connectivity index (χ0) is 19.5. The second-order valence-electron chi connectivity index (χ2n) is 6.75. The van der Waals surface area contributed by atoms with E-state index in [4.69, 9.17) is 0 Å². The van der Waals surface area contributed by atoms with Crippen LogP contribution in [0.1, 0.15) is 30.1 Å². The summed E-state index contributed by atoms with van der Waals surface area (Å²) in [6.45, 7) is 2.86. The molecule has 6 nitrogen and oxygen atoms in total. The maximum absolute atomic E-state index is 13.0. The van der Waals surface area contributed by atoms with Gasteiger partial charge in [-0.3, -0.25) is 4.79 Å². The molecule has 0 radical (unpaired) electrons. The average Bonchev–Trinajstić information content (AvgIpc) is 3.42. The topological polar surface area (TPSA) is 63.9 Å². The summed E-state index contributed by atoms with van der Waals surface area (Å²) in [6, 6.07) is 14.2. The second kappa shape index (κ2) is 7.90. The molecule has 7 heteroatoms. The molecule has 0 N–H and O–H groups in total. The lowest BCUT2D eigenvalue weighted by atomic mass is 10.00. The van der Waals surface area contributed by atoms with Crippen molar-refractivity contribution in [3.05, 3.63) is 59.7 Å². The number of rotatable bonds is 6. The number of hydrogen-bond donors (Lipinski definition) is 0. The standard InChI is InChI=1S/C21H21N5OS/c1-3-4-9-25(2)21(27)17-11-16(12-18(13-17)26-14-22-23-24-26)19-7-5-6-15-8-10-28-20(15)19/h5-8,10-14H,3-4,9H2,1-2H3. The van der Waals surface area contributed by atoms with E-state index in [0.29, 0.717) is 5.56 Å². The third-order valence-corrected chi connectivity index (χ3v) is 5.73. The van der Waals surface area contributed by atoms with E-state index in [9.17, 15) is 4.79 Å². The number of tetrazole rings is 1. The number of aromatic nitrogens is 4. The Morgan fingerprint density at radius 2 is 2.11 bits per heavy atom. The molecule has 0 spiro atoms. The first-order valence-corrected chi connectivity index (χ1v) is 10.2. The van der Waals surface area contributed by atoms with Gasteiger partial charge < -0.3 is 4.90 Å². The van der Waals surface area contributed by atoms with Gasteiger partial charge in [0.2, 0.25) is 0 Å². The van der Waals surface area contributed by atoms with E-state index >= 15 is 0 Å². The maximum Gasteiger partial charge on any atom is 0.253 e. The predicted octanol–water partition coefficient (Wildman–Crippen LogP) is 4.42. The molecule has 0 saturated heterocycles. The van der Waals surface area contributed by atoms with Gasteiger partial charge in [0, 0.05) is 23.9 Å². The molecule has 1 amide bonds. The van der Waals surface area contributed by atoms with Gasteiger partial charge in [0.25, 0.3) is 5.91 Å². The van der Waals surface area contributed by atoms with Gasteiger partial charge in [0.15, 0.2) is 0 Å². The third-order valence-electron chi connectivity index (χ3n) is 4.76. The molecule has 0 bridgehead atoms. The summed E-state index contributed by atoms with van der Waals surface area (Å²) in [7, 11) is 1.85. The molecule has 2 aromatic carbocycles. The number of nitrogens with zero attached hydrogens (tertiary/aromatic N) is 5. The van der Waals surface area contributed by atoms with E-state index in [1.807, 2.05) is 31.3 Å². The Kier molecular flexibility index (Phi) is 5.16. The van der Waals surface area contributed by atoms with Crippen molar-refractivity contribution in [1.82, 2.24) is 25.1 Å². The van der Waals surface area contributed by atoms with Crippen LogP contribution in [0.15, 0.2) is 54.2 Å². The Morgan fingerprint density at radius 3 is 2.89 bits per heavy atom. The number of thiophene rings is 1. The Labute approximate surface area is 167 Å². The summed E-state index contributed by atoms with van der Waals surface area (Å²) in [5, 5.41) is 14.8. The SMILES string of the molecule is CCCCN(C)C(=O)c1cc(-c2cccc3ccsc23)cc(-n2cnnn2)c1. The van der Waals surface area contributed by atoms with Crippen molar-refractivity contribution in [2.24, 2.45) is 0 Å². The van der Waals surface area contributed by atoms with Gasteiger partial charge in [-0.1, -0.05) is 31.5 Å². The van der Waals surface area contributed by atoms with Crippen molar-refractivity contribution < 1.29 is 4.79 Å². The molecule has 28 heavy (non-hydrogen) atoms. The van der Waals surface area contributed by atoms with Gasteiger partial charge in [-0.2, -0.15) is 0 Å². The summed E-state index contributed by atoms with van der Waals surface area (Å²) >= 11 is 1.70. The molecule has 0 unspecified atom stereocenters. The lowest BCUT2D eigenvalue weighted by Crippen LogP contribution is -2.27. The van der Waals surface area contributed by atoms with Crippen LogP contribution in [0.2, 0.25) is 0 Å². The molecule has 0 aliphatic rings. The summed E-state index contributed by atoms with van der Waals surface area (Å²) in [4.78, 5) is 14.8. The molecule has 2 aromatic heterocycles. The van der Waals surface area contributed by atoms with E-state index in [2.05, 4.69) is 46.0 Å². The molecule has 2 heterocycles. The highest BCUT2D eigenvalue weighted by Crippen LogP contribution is 2.34. The van der Waals surface area contributed by atoms with Crippen LogP contribution in [0.5, 0.6) is 0 Å². The zero-order valence-corrected chi connectivity index (χ0v) is 16.7. The normalized spacial score (nSPS) is 11.1. The van der Waals surface area contributed by atoms with Gasteiger partial charge in [-0.25, -0.2) is 4.68 Å². The molecule has 4 rings (SSSR count). The van der Waals surface area contributed by atoms with E-state index in [-0.39, 0.29) is 5.91 Å². The van der Waals surface area contributed by atoms with Gasteiger partial charge in [-0.05, 0) is 63.0 Å². The lowest BCUT2D eigenvalue weighted by molar-refractivity contribution is 0.0793. The molecule has 0 saturated carbocycles. The Morgan fingerprint density at radius 1 is 1.21 bits per heavy atom. The molecule has 142 valence electrons.